The number of aliphatic hydroxyl groups is 1. The highest BCUT2D eigenvalue weighted by molar-refractivity contribution is 8.00. The van der Waals surface area contributed by atoms with E-state index in [4.69, 9.17) is 20.8 Å². The van der Waals surface area contributed by atoms with Crippen LogP contribution < -0.4 is 11.4 Å². The summed E-state index contributed by atoms with van der Waals surface area (Å²) >= 11 is 1.40. The second kappa shape index (κ2) is 4.75. The molecule has 8 heteroatoms. The van der Waals surface area contributed by atoms with E-state index in [9.17, 15) is 4.79 Å². The SMILES string of the molecule is N#Cc1cn([C@H]2CS[C@@H](CO)O2)c(=O)nc1N. The Hall–Kier alpha value is -1.56. The lowest BCUT2D eigenvalue weighted by atomic mass is 10.3. The van der Waals surface area contributed by atoms with Crippen LogP contribution in [0.1, 0.15) is 11.8 Å². The Labute approximate surface area is 101 Å². The Balaban J connectivity index is 2.34. The number of nitriles is 1. The monoisotopic (exact) mass is 254 g/mol. The summed E-state index contributed by atoms with van der Waals surface area (Å²) < 4.78 is 6.62. The molecule has 0 unspecified atom stereocenters. The molecule has 2 rings (SSSR count). The van der Waals surface area contributed by atoms with E-state index < -0.39 is 11.9 Å². The molecule has 2 heterocycles. The number of rotatable bonds is 2. The number of nitrogens with zero attached hydrogens (tertiary/aromatic N) is 3. The number of anilines is 1. The molecule has 1 fully saturated rings. The molecule has 1 aromatic rings. The van der Waals surface area contributed by atoms with Gasteiger partial charge in [0.15, 0.2) is 0 Å². The van der Waals surface area contributed by atoms with Crippen LogP contribution in [0.3, 0.4) is 0 Å². The summed E-state index contributed by atoms with van der Waals surface area (Å²) in [6.45, 7) is -0.122. The molecular weight excluding hydrogens is 244 g/mol. The smallest absolute Gasteiger partial charge is 0.351 e. The van der Waals surface area contributed by atoms with Crippen LogP contribution in [-0.4, -0.2) is 32.5 Å². The molecule has 0 aromatic carbocycles. The minimum absolute atomic E-state index is 0.0851. The van der Waals surface area contributed by atoms with Gasteiger partial charge in [-0.05, 0) is 0 Å². The third-order valence-electron chi connectivity index (χ3n) is 2.29. The van der Waals surface area contributed by atoms with Gasteiger partial charge < -0.3 is 15.6 Å². The molecule has 1 aliphatic rings. The number of hydrogen-bond donors (Lipinski definition) is 2. The van der Waals surface area contributed by atoms with Crippen LogP contribution in [0.4, 0.5) is 5.82 Å². The van der Waals surface area contributed by atoms with Gasteiger partial charge in [0, 0.05) is 11.9 Å². The van der Waals surface area contributed by atoms with Gasteiger partial charge in [-0.25, -0.2) is 4.79 Å². The van der Waals surface area contributed by atoms with Crippen LogP contribution >= 0.6 is 11.8 Å². The first-order valence-electron chi connectivity index (χ1n) is 4.82. The van der Waals surface area contributed by atoms with Gasteiger partial charge in [0.25, 0.3) is 0 Å². The van der Waals surface area contributed by atoms with Crippen molar-refractivity contribution in [1.29, 1.82) is 5.26 Å². The molecule has 0 radical (unpaired) electrons. The average Bonchev–Trinajstić information content (AvgIpc) is 2.78. The predicted octanol–water partition coefficient (Wildman–Crippen LogP) is -0.722. The normalized spacial score (nSPS) is 23.5. The number of aromatic nitrogens is 2. The Bertz CT molecular complexity index is 524. The minimum atomic E-state index is -0.564. The molecule has 2 atom stereocenters. The predicted molar refractivity (Wildman–Crippen MR) is 61.1 cm³/mol. The first-order valence-corrected chi connectivity index (χ1v) is 5.87. The van der Waals surface area contributed by atoms with Gasteiger partial charge >= 0.3 is 5.69 Å². The van der Waals surface area contributed by atoms with E-state index in [0.717, 1.165) is 0 Å². The van der Waals surface area contributed by atoms with Crippen molar-refractivity contribution < 1.29 is 9.84 Å². The summed E-state index contributed by atoms with van der Waals surface area (Å²) in [4.78, 5) is 15.2. The first kappa shape index (κ1) is 11.9. The largest absolute Gasteiger partial charge is 0.393 e. The molecule has 90 valence electrons. The maximum atomic E-state index is 11.6. The van der Waals surface area contributed by atoms with Gasteiger partial charge in [0.05, 0.1) is 6.61 Å². The summed E-state index contributed by atoms with van der Waals surface area (Å²) in [6, 6.07) is 1.85. The van der Waals surface area contributed by atoms with E-state index >= 15 is 0 Å². The zero-order valence-electron chi connectivity index (χ0n) is 8.74. The van der Waals surface area contributed by atoms with Gasteiger partial charge in [0.2, 0.25) is 0 Å². The summed E-state index contributed by atoms with van der Waals surface area (Å²) in [7, 11) is 0. The van der Waals surface area contributed by atoms with Gasteiger partial charge in [-0.2, -0.15) is 10.2 Å². The molecule has 0 spiro atoms. The number of aliphatic hydroxyl groups excluding tert-OH is 1. The highest BCUT2D eigenvalue weighted by Crippen LogP contribution is 2.30. The van der Waals surface area contributed by atoms with Crippen molar-refractivity contribution in [2.45, 2.75) is 11.7 Å². The number of nitrogen functional groups attached to an aromatic ring is 1. The van der Waals surface area contributed by atoms with Crippen LogP contribution in [-0.2, 0) is 4.74 Å². The van der Waals surface area contributed by atoms with Crippen LogP contribution in [0.15, 0.2) is 11.0 Å². The minimum Gasteiger partial charge on any atom is -0.393 e. The van der Waals surface area contributed by atoms with Crippen molar-refractivity contribution in [2.75, 3.05) is 18.1 Å². The van der Waals surface area contributed by atoms with Gasteiger partial charge in [-0.15, -0.1) is 11.8 Å². The van der Waals surface area contributed by atoms with Crippen molar-refractivity contribution in [3.63, 3.8) is 0 Å². The Morgan fingerprint density at radius 3 is 3.18 bits per heavy atom. The number of hydrogen-bond acceptors (Lipinski definition) is 7. The second-order valence-corrected chi connectivity index (χ2v) is 4.57. The molecule has 3 N–H and O–H groups in total. The van der Waals surface area contributed by atoms with E-state index in [2.05, 4.69) is 4.98 Å². The Kier molecular flexibility index (Phi) is 3.33. The molecule has 17 heavy (non-hydrogen) atoms. The number of thioether (sulfide) groups is 1. The maximum absolute atomic E-state index is 11.6. The maximum Gasteiger partial charge on any atom is 0.351 e. The quantitative estimate of drug-likeness (QED) is 0.715. The van der Waals surface area contributed by atoms with Gasteiger partial charge in [-0.3, -0.25) is 4.57 Å². The van der Waals surface area contributed by atoms with Crippen LogP contribution in [0.25, 0.3) is 0 Å². The Morgan fingerprint density at radius 2 is 2.59 bits per heavy atom. The fourth-order valence-electron chi connectivity index (χ4n) is 1.46. The van der Waals surface area contributed by atoms with Crippen molar-refractivity contribution in [3.05, 3.63) is 22.2 Å². The van der Waals surface area contributed by atoms with Gasteiger partial charge in [0.1, 0.15) is 29.1 Å². The van der Waals surface area contributed by atoms with Gasteiger partial charge in [-0.1, -0.05) is 0 Å². The lowest BCUT2D eigenvalue weighted by Crippen LogP contribution is -2.29. The van der Waals surface area contributed by atoms with Crippen molar-refractivity contribution >= 4 is 17.6 Å². The molecule has 0 aliphatic carbocycles. The van der Waals surface area contributed by atoms with Crippen molar-refractivity contribution in [1.82, 2.24) is 9.55 Å². The standard InChI is InChI=1S/C9H10N4O3S/c10-1-5-2-13(9(15)12-8(5)11)6-4-17-7(3-14)16-6/h2,6-7,14H,3-4H2,(H2,11,12,15)/t6-,7+/m1/s1. The highest BCUT2D eigenvalue weighted by atomic mass is 32.2. The molecular formula is C9H10N4O3S. The van der Waals surface area contributed by atoms with Crippen LogP contribution in [0.5, 0.6) is 0 Å². The van der Waals surface area contributed by atoms with Crippen LogP contribution in [0.2, 0.25) is 0 Å². The third kappa shape index (κ3) is 2.26. The van der Waals surface area contributed by atoms with E-state index in [0.29, 0.717) is 5.75 Å². The summed E-state index contributed by atoms with van der Waals surface area (Å²) in [6.07, 6.45) is 0.806. The zero-order chi connectivity index (χ0) is 12.4. The molecule has 0 amide bonds. The van der Waals surface area contributed by atoms with E-state index in [1.165, 1.54) is 22.5 Å². The molecule has 1 aliphatic heterocycles. The lowest BCUT2D eigenvalue weighted by Gasteiger charge is -2.13. The van der Waals surface area contributed by atoms with E-state index in [1.54, 1.807) is 0 Å². The first-order chi connectivity index (χ1) is 8.15. The molecule has 1 aromatic heterocycles. The molecule has 0 saturated carbocycles. The zero-order valence-corrected chi connectivity index (χ0v) is 9.55. The van der Waals surface area contributed by atoms with E-state index in [-0.39, 0.29) is 23.4 Å². The lowest BCUT2D eigenvalue weighted by molar-refractivity contribution is -0.00632. The topological polar surface area (TPSA) is 114 Å². The molecule has 1 saturated heterocycles. The number of ether oxygens (including phenoxy) is 1. The highest BCUT2D eigenvalue weighted by Gasteiger charge is 2.27. The molecule has 7 nitrogen and oxygen atoms in total. The fraction of sp³-hybridized carbons (Fsp3) is 0.444. The Morgan fingerprint density at radius 1 is 1.82 bits per heavy atom. The number of nitrogens with two attached hydrogens (primary N) is 1. The van der Waals surface area contributed by atoms with Crippen molar-refractivity contribution in [3.8, 4) is 6.07 Å². The average molecular weight is 254 g/mol. The second-order valence-electron chi connectivity index (χ2n) is 3.38. The summed E-state index contributed by atoms with van der Waals surface area (Å²) in [5, 5.41) is 17.7. The summed E-state index contributed by atoms with van der Waals surface area (Å²) in [5.41, 5.74) is 4.63. The van der Waals surface area contributed by atoms with Crippen LogP contribution in [0, 0.1) is 11.3 Å². The molecule has 0 bridgehead atoms. The van der Waals surface area contributed by atoms with Crippen molar-refractivity contribution in [2.24, 2.45) is 0 Å². The third-order valence-corrected chi connectivity index (χ3v) is 3.40. The summed E-state index contributed by atoms with van der Waals surface area (Å²) in [5.74, 6) is 0.430. The fourth-order valence-corrected chi connectivity index (χ4v) is 2.39. The van der Waals surface area contributed by atoms with E-state index in [1.807, 2.05) is 6.07 Å².